The predicted octanol–water partition coefficient (Wildman–Crippen LogP) is 4.80. The van der Waals surface area contributed by atoms with Crippen molar-refractivity contribution in [1.29, 1.82) is 5.41 Å². The normalized spacial score (nSPS) is 12.9. The van der Waals surface area contributed by atoms with E-state index in [4.69, 9.17) is 11.1 Å². The quantitative estimate of drug-likeness (QED) is 0.192. The molecule has 0 spiro atoms. The van der Waals surface area contributed by atoms with Gasteiger partial charge in [-0.25, -0.2) is 4.79 Å². The van der Waals surface area contributed by atoms with Crippen LogP contribution < -0.4 is 10.5 Å². The first-order valence-corrected chi connectivity index (χ1v) is 11.2. The van der Waals surface area contributed by atoms with Gasteiger partial charge in [-0.05, 0) is 55.3 Å². The first-order chi connectivity index (χ1) is 14.3. The number of carboxylic acid groups (broad SMARTS) is 1. The molecule has 5 N–H and O–H groups in total. The summed E-state index contributed by atoms with van der Waals surface area (Å²) in [6.45, 7) is 5.60. The van der Waals surface area contributed by atoms with Gasteiger partial charge in [0.05, 0.1) is 27.0 Å². The second-order valence-electron chi connectivity index (χ2n) is 6.15. The van der Waals surface area contributed by atoms with Gasteiger partial charge < -0.3 is 15.6 Å². The van der Waals surface area contributed by atoms with E-state index in [1.54, 1.807) is 42.7 Å². The zero-order valence-corrected chi connectivity index (χ0v) is 18.3. The number of aromatic carboxylic acids is 1. The van der Waals surface area contributed by atoms with Gasteiger partial charge >= 0.3 is 5.97 Å². The van der Waals surface area contributed by atoms with Crippen LogP contribution in [0.1, 0.15) is 28.4 Å². The summed E-state index contributed by atoms with van der Waals surface area (Å²) in [4.78, 5) is 12.6. The van der Waals surface area contributed by atoms with Crippen LogP contribution >= 0.6 is 11.9 Å². The summed E-state index contributed by atoms with van der Waals surface area (Å²) in [5, 5.41) is 17.7. The number of carbonyl (C=O) groups is 1. The molecule has 0 saturated carbocycles. The average molecular weight is 442 g/mol. The van der Waals surface area contributed by atoms with Gasteiger partial charge in [0.15, 0.2) is 0 Å². The van der Waals surface area contributed by atoms with Crippen molar-refractivity contribution in [2.24, 2.45) is 0 Å². The van der Waals surface area contributed by atoms with Gasteiger partial charge in [-0.1, -0.05) is 30.9 Å². The second-order valence-corrected chi connectivity index (χ2v) is 8.35. The molecule has 0 aliphatic heterocycles. The topological polar surface area (TPSA) is 116 Å². The van der Waals surface area contributed by atoms with Crippen LogP contribution in [0.25, 0.3) is 0 Å². The third kappa shape index (κ3) is 5.71. The molecule has 6 nitrogen and oxygen atoms in total. The Morgan fingerprint density at radius 1 is 1.27 bits per heavy atom. The average Bonchev–Trinajstić information content (AvgIpc) is 2.72. The fourth-order valence-corrected chi connectivity index (χ4v) is 4.40. The molecule has 156 valence electrons. The third-order valence-corrected chi connectivity index (χ3v) is 6.10. The molecule has 0 radical (unpaired) electrons. The van der Waals surface area contributed by atoms with Crippen molar-refractivity contribution in [2.45, 2.75) is 6.92 Å². The molecule has 0 bridgehead atoms. The number of nitrogens with two attached hydrogens (primary N) is 1. The van der Waals surface area contributed by atoms with Crippen LogP contribution in [0, 0.1) is 5.41 Å². The molecule has 8 heteroatoms. The maximum Gasteiger partial charge on any atom is 0.335 e. The van der Waals surface area contributed by atoms with Gasteiger partial charge in [-0.3, -0.25) is 9.62 Å². The summed E-state index contributed by atoms with van der Waals surface area (Å²) in [6.07, 6.45) is 6.85. The Kier molecular flexibility index (Phi) is 8.20. The first-order valence-electron chi connectivity index (χ1n) is 8.86. The summed E-state index contributed by atoms with van der Waals surface area (Å²) in [5.41, 5.74) is 8.32. The maximum atomic E-state index is 11.9. The SMILES string of the molecule is C=C/C(=C(\C=C/C)SNc1ccc(N)c(C(=N)c2cccc(C(=O)O)c2)c1)S(C)=O. The molecular weight excluding hydrogens is 418 g/mol. The summed E-state index contributed by atoms with van der Waals surface area (Å²) >= 11 is 1.28. The van der Waals surface area contributed by atoms with Crippen molar-refractivity contribution in [1.82, 2.24) is 0 Å². The highest BCUT2D eigenvalue weighted by atomic mass is 32.2. The highest BCUT2D eigenvalue weighted by Crippen LogP contribution is 2.28. The molecule has 0 saturated heterocycles. The number of rotatable bonds is 9. The molecule has 1 unspecified atom stereocenters. The predicted molar refractivity (Wildman–Crippen MR) is 128 cm³/mol. The van der Waals surface area contributed by atoms with Gasteiger partial charge in [0.2, 0.25) is 0 Å². The zero-order valence-electron chi connectivity index (χ0n) is 16.6. The molecule has 2 aromatic rings. The lowest BCUT2D eigenvalue weighted by atomic mass is 9.99. The van der Waals surface area contributed by atoms with E-state index in [0.717, 1.165) is 4.91 Å². The largest absolute Gasteiger partial charge is 0.478 e. The number of carboxylic acids is 1. The lowest BCUT2D eigenvalue weighted by Gasteiger charge is -2.13. The van der Waals surface area contributed by atoms with Crippen molar-refractivity contribution in [3.05, 3.63) is 93.8 Å². The van der Waals surface area contributed by atoms with E-state index in [-0.39, 0.29) is 11.3 Å². The van der Waals surface area contributed by atoms with Crippen LogP contribution in [-0.4, -0.2) is 27.3 Å². The number of allylic oxidation sites excluding steroid dienone is 3. The molecule has 0 aliphatic carbocycles. The van der Waals surface area contributed by atoms with E-state index in [2.05, 4.69) is 11.3 Å². The van der Waals surface area contributed by atoms with Crippen molar-refractivity contribution >= 4 is 45.8 Å². The Labute approximate surface area is 182 Å². The Balaban J connectivity index is 2.34. The Morgan fingerprint density at radius 2 is 1.97 bits per heavy atom. The lowest BCUT2D eigenvalue weighted by Crippen LogP contribution is -2.07. The van der Waals surface area contributed by atoms with Crippen LogP contribution in [0.5, 0.6) is 0 Å². The van der Waals surface area contributed by atoms with E-state index < -0.39 is 16.8 Å². The molecule has 2 aromatic carbocycles. The lowest BCUT2D eigenvalue weighted by molar-refractivity contribution is 0.0697. The van der Waals surface area contributed by atoms with E-state index in [0.29, 0.717) is 27.4 Å². The number of benzene rings is 2. The Bertz CT molecular complexity index is 1080. The van der Waals surface area contributed by atoms with Crippen LogP contribution in [-0.2, 0) is 10.8 Å². The fourth-order valence-electron chi connectivity index (χ4n) is 2.59. The summed E-state index contributed by atoms with van der Waals surface area (Å²) < 4.78 is 15.1. The second kappa shape index (κ2) is 10.6. The highest BCUT2D eigenvalue weighted by Gasteiger charge is 2.13. The Morgan fingerprint density at radius 3 is 2.57 bits per heavy atom. The molecule has 30 heavy (non-hydrogen) atoms. The summed E-state index contributed by atoms with van der Waals surface area (Å²) in [6, 6.07) is 11.4. The van der Waals surface area contributed by atoms with Gasteiger partial charge in [-0.15, -0.1) is 0 Å². The van der Waals surface area contributed by atoms with Crippen LogP contribution in [0.3, 0.4) is 0 Å². The van der Waals surface area contributed by atoms with Gasteiger partial charge in [0.1, 0.15) is 0 Å². The van der Waals surface area contributed by atoms with E-state index >= 15 is 0 Å². The maximum absolute atomic E-state index is 11.9. The molecular formula is C22H23N3O3S2. The number of hydrogen-bond donors (Lipinski definition) is 4. The number of anilines is 2. The van der Waals surface area contributed by atoms with Gasteiger partial charge in [0.25, 0.3) is 0 Å². The van der Waals surface area contributed by atoms with Crippen LogP contribution in [0.4, 0.5) is 11.4 Å². The van der Waals surface area contributed by atoms with E-state index in [1.165, 1.54) is 24.1 Å². The number of nitrogen functional groups attached to an aromatic ring is 1. The van der Waals surface area contributed by atoms with Crippen molar-refractivity contribution in [2.75, 3.05) is 16.7 Å². The standard InChI is InChI=1S/C22H23N3O3S2/c1-4-7-19(20(5-2)30(3)28)29-25-16-10-11-18(23)17(13-16)21(24)14-8-6-9-15(12-14)22(26)27/h4-13,24-25H,2,23H2,1,3H3,(H,26,27)/b7-4-,20-19-,24-21?. The first kappa shape index (κ1) is 23.2. The number of nitrogens with one attached hydrogen (secondary N) is 2. The van der Waals surface area contributed by atoms with Crippen LogP contribution in [0.2, 0.25) is 0 Å². The summed E-state index contributed by atoms with van der Waals surface area (Å²) in [5.74, 6) is -1.06. The molecule has 2 rings (SSSR count). The van der Waals surface area contributed by atoms with Crippen molar-refractivity contribution < 1.29 is 14.1 Å². The van der Waals surface area contributed by atoms with Gasteiger partial charge in [0, 0.05) is 33.7 Å². The smallest absolute Gasteiger partial charge is 0.335 e. The molecule has 0 heterocycles. The minimum atomic E-state index is -1.19. The van der Waals surface area contributed by atoms with Gasteiger partial charge in [-0.2, -0.15) is 0 Å². The monoisotopic (exact) mass is 441 g/mol. The zero-order chi connectivity index (χ0) is 22.3. The molecule has 1 atom stereocenters. The molecule has 0 aromatic heterocycles. The van der Waals surface area contributed by atoms with Crippen molar-refractivity contribution in [3.8, 4) is 0 Å². The van der Waals surface area contributed by atoms with E-state index in [1.807, 2.05) is 19.1 Å². The third-order valence-electron chi connectivity index (χ3n) is 4.06. The van der Waals surface area contributed by atoms with E-state index in [9.17, 15) is 14.1 Å². The van der Waals surface area contributed by atoms with Crippen molar-refractivity contribution in [3.63, 3.8) is 0 Å². The molecule has 0 amide bonds. The minimum Gasteiger partial charge on any atom is -0.478 e. The van der Waals surface area contributed by atoms with Crippen LogP contribution in [0.15, 0.2) is 77.1 Å². The summed E-state index contributed by atoms with van der Waals surface area (Å²) in [7, 11) is -1.19. The Hall–Kier alpha value is -3.10. The minimum absolute atomic E-state index is 0.103. The molecule has 0 aliphatic rings. The fraction of sp³-hybridized carbons (Fsp3) is 0.0909. The molecule has 0 fully saturated rings. The highest BCUT2D eigenvalue weighted by molar-refractivity contribution is 8.05. The number of hydrogen-bond acceptors (Lipinski definition) is 6.